The van der Waals surface area contributed by atoms with Crippen molar-refractivity contribution >= 4 is 17.6 Å². The third-order valence-electron chi connectivity index (χ3n) is 4.39. The van der Waals surface area contributed by atoms with Gasteiger partial charge in [0.2, 0.25) is 0 Å². The topological polar surface area (TPSA) is 55.1 Å². The van der Waals surface area contributed by atoms with E-state index in [0.717, 1.165) is 50.0 Å². The number of hydrogen-bond acceptors (Lipinski definition) is 2. The van der Waals surface area contributed by atoms with Crippen molar-refractivity contribution in [1.82, 2.24) is 9.78 Å². The van der Waals surface area contributed by atoms with E-state index in [9.17, 15) is 9.90 Å². The molecule has 1 aliphatic carbocycles. The number of aryl methyl sites for hydroxylation is 2. The fraction of sp³-hybridized carbons (Fsp3) is 0.733. The smallest absolute Gasteiger partial charge is 0.307 e. The lowest BCUT2D eigenvalue weighted by atomic mass is 9.87. The van der Waals surface area contributed by atoms with Crippen molar-refractivity contribution in [2.75, 3.05) is 0 Å². The van der Waals surface area contributed by atoms with Gasteiger partial charge in [0.05, 0.1) is 22.3 Å². The van der Waals surface area contributed by atoms with Crippen molar-refractivity contribution in [3.05, 3.63) is 16.4 Å². The highest BCUT2D eigenvalue weighted by atomic mass is 35.5. The Balaban J connectivity index is 2.25. The molecule has 1 heterocycles. The Labute approximate surface area is 125 Å². The van der Waals surface area contributed by atoms with Gasteiger partial charge in [-0.2, -0.15) is 5.10 Å². The molecule has 0 bridgehead atoms. The van der Waals surface area contributed by atoms with Crippen LogP contribution in [-0.4, -0.2) is 20.9 Å². The Hall–Kier alpha value is -1.03. The molecule has 1 fully saturated rings. The highest BCUT2D eigenvalue weighted by molar-refractivity contribution is 6.31. The lowest BCUT2D eigenvalue weighted by Crippen LogP contribution is -2.25. The number of halogens is 1. The van der Waals surface area contributed by atoms with Crippen molar-refractivity contribution in [1.29, 1.82) is 0 Å². The second kappa shape index (κ2) is 6.61. The Morgan fingerprint density at radius 2 is 2.10 bits per heavy atom. The number of carbonyl (C=O) groups is 1. The van der Waals surface area contributed by atoms with E-state index in [0.29, 0.717) is 11.4 Å². The van der Waals surface area contributed by atoms with Crippen LogP contribution in [-0.2, 0) is 24.2 Å². The molecule has 0 aliphatic heterocycles. The van der Waals surface area contributed by atoms with Crippen molar-refractivity contribution in [2.24, 2.45) is 11.8 Å². The van der Waals surface area contributed by atoms with Crippen molar-refractivity contribution in [3.63, 3.8) is 0 Å². The Morgan fingerprint density at radius 1 is 1.45 bits per heavy atom. The standard InChI is InChI=1S/C15H23ClN2O2/c1-3-12-14(16)13(18(4-2)17-12)9-11(15(19)20)10-7-5-6-8-10/h10-11H,3-9H2,1-2H3,(H,19,20). The molecule has 0 aromatic carbocycles. The van der Waals surface area contributed by atoms with Crippen LogP contribution in [0.1, 0.15) is 50.9 Å². The third kappa shape index (κ3) is 3.00. The first-order chi connectivity index (χ1) is 9.58. The van der Waals surface area contributed by atoms with Gasteiger partial charge >= 0.3 is 5.97 Å². The minimum Gasteiger partial charge on any atom is -0.481 e. The zero-order chi connectivity index (χ0) is 14.7. The number of aliphatic carboxylic acids is 1. The largest absolute Gasteiger partial charge is 0.481 e. The number of nitrogens with zero attached hydrogens (tertiary/aromatic N) is 2. The van der Waals surface area contributed by atoms with Crippen LogP contribution in [0.3, 0.4) is 0 Å². The molecule has 112 valence electrons. The number of carboxylic acid groups (broad SMARTS) is 1. The summed E-state index contributed by atoms with van der Waals surface area (Å²) in [5, 5.41) is 14.7. The van der Waals surface area contributed by atoms with Crippen LogP contribution in [0.25, 0.3) is 0 Å². The first kappa shape index (κ1) is 15.4. The van der Waals surface area contributed by atoms with Gasteiger partial charge in [-0.1, -0.05) is 31.4 Å². The lowest BCUT2D eigenvalue weighted by Gasteiger charge is -2.19. The van der Waals surface area contributed by atoms with Gasteiger partial charge in [-0.25, -0.2) is 0 Å². The van der Waals surface area contributed by atoms with E-state index in [1.54, 1.807) is 0 Å². The second-order valence-electron chi connectivity index (χ2n) is 5.57. The molecule has 1 aromatic rings. The van der Waals surface area contributed by atoms with Gasteiger partial charge in [0.15, 0.2) is 0 Å². The Morgan fingerprint density at radius 3 is 2.60 bits per heavy atom. The van der Waals surface area contributed by atoms with Crippen LogP contribution in [0.15, 0.2) is 0 Å². The van der Waals surface area contributed by atoms with E-state index in [4.69, 9.17) is 11.6 Å². The molecular weight excluding hydrogens is 276 g/mol. The van der Waals surface area contributed by atoms with Crippen molar-refractivity contribution in [3.8, 4) is 0 Å². The summed E-state index contributed by atoms with van der Waals surface area (Å²) in [6, 6.07) is 0. The summed E-state index contributed by atoms with van der Waals surface area (Å²) in [4.78, 5) is 11.6. The van der Waals surface area contributed by atoms with Crippen LogP contribution >= 0.6 is 11.6 Å². The Bertz CT molecular complexity index is 478. The van der Waals surface area contributed by atoms with Crippen LogP contribution in [0, 0.1) is 11.8 Å². The van der Waals surface area contributed by atoms with Crippen molar-refractivity contribution < 1.29 is 9.90 Å². The molecule has 2 rings (SSSR count). The molecule has 1 saturated carbocycles. The molecule has 0 spiro atoms. The molecule has 20 heavy (non-hydrogen) atoms. The maximum atomic E-state index is 11.6. The quantitative estimate of drug-likeness (QED) is 0.874. The monoisotopic (exact) mass is 298 g/mol. The zero-order valence-corrected chi connectivity index (χ0v) is 13.0. The minimum absolute atomic E-state index is 0.286. The van der Waals surface area contributed by atoms with E-state index in [1.165, 1.54) is 0 Å². The normalized spacial score (nSPS) is 17.6. The minimum atomic E-state index is -0.699. The summed E-state index contributed by atoms with van der Waals surface area (Å²) in [6.07, 6.45) is 5.62. The van der Waals surface area contributed by atoms with Gasteiger partial charge in [0.1, 0.15) is 0 Å². The summed E-state index contributed by atoms with van der Waals surface area (Å²) in [7, 11) is 0. The maximum Gasteiger partial charge on any atom is 0.307 e. The van der Waals surface area contributed by atoms with Crippen LogP contribution in [0.4, 0.5) is 0 Å². The molecule has 0 amide bonds. The molecule has 1 aromatic heterocycles. The van der Waals surface area contributed by atoms with Crippen LogP contribution < -0.4 is 0 Å². The van der Waals surface area contributed by atoms with E-state index in [-0.39, 0.29) is 11.8 Å². The first-order valence-electron chi connectivity index (χ1n) is 7.55. The number of aromatic nitrogens is 2. The van der Waals surface area contributed by atoms with Gasteiger partial charge in [-0.3, -0.25) is 9.48 Å². The summed E-state index contributed by atoms with van der Waals surface area (Å²) < 4.78 is 1.87. The van der Waals surface area contributed by atoms with Gasteiger partial charge in [0.25, 0.3) is 0 Å². The third-order valence-corrected chi connectivity index (χ3v) is 4.83. The molecule has 0 radical (unpaired) electrons. The summed E-state index contributed by atoms with van der Waals surface area (Å²) >= 11 is 6.39. The molecule has 5 heteroatoms. The zero-order valence-electron chi connectivity index (χ0n) is 12.2. The highest BCUT2D eigenvalue weighted by Gasteiger charge is 2.32. The molecule has 1 atom stereocenters. The molecular formula is C15H23ClN2O2. The lowest BCUT2D eigenvalue weighted by molar-refractivity contribution is -0.143. The summed E-state index contributed by atoms with van der Waals surface area (Å²) in [5.74, 6) is -0.745. The number of hydrogen-bond donors (Lipinski definition) is 1. The summed E-state index contributed by atoms with van der Waals surface area (Å²) in [6.45, 7) is 4.76. The Kier molecular flexibility index (Phi) is 5.08. The van der Waals surface area contributed by atoms with Crippen molar-refractivity contribution in [2.45, 2.75) is 58.9 Å². The van der Waals surface area contributed by atoms with E-state index < -0.39 is 5.97 Å². The average molecular weight is 299 g/mol. The van der Waals surface area contributed by atoms with Gasteiger partial charge < -0.3 is 5.11 Å². The molecule has 1 unspecified atom stereocenters. The maximum absolute atomic E-state index is 11.6. The van der Waals surface area contributed by atoms with Gasteiger partial charge in [0, 0.05) is 13.0 Å². The van der Waals surface area contributed by atoms with E-state index in [2.05, 4.69) is 5.10 Å². The predicted molar refractivity (Wildman–Crippen MR) is 79.1 cm³/mol. The predicted octanol–water partition coefficient (Wildman–Crippen LogP) is 3.55. The summed E-state index contributed by atoms with van der Waals surface area (Å²) in [5.41, 5.74) is 1.77. The van der Waals surface area contributed by atoms with Crippen LogP contribution in [0.5, 0.6) is 0 Å². The number of rotatable bonds is 6. The second-order valence-corrected chi connectivity index (χ2v) is 5.95. The highest BCUT2D eigenvalue weighted by Crippen LogP contribution is 2.35. The van der Waals surface area contributed by atoms with E-state index >= 15 is 0 Å². The molecule has 1 aliphatic rings. The van der Waals surface area contributed by atoms with E-state index in [1.807, 2.05) is 18.5 Å². The SMILES string of the molecule is CCc1nn(CC)c(CC(C(=O)O)C2CCCC2)c1Cl. The number of carboxylic acids is 1. The fourth-order valence-electron chi connectivity index (χ4n) is 3.24. The molecule has 1 N–H and O–H groups in total. The fourth-order valence-corrected chi connectivity index (χ4v) is 3.58. The molecule has 0 saturated heterocycles. The van der Waals surface area contributed by atoms with Gasteiger partial charge in [-0.05, 0) is 32.1 Å². The molecule has 4 nitrogen and oxygen atoms in total. The van der Waals surface area contributed by atoms with Gasteiger partial charge in [-0.15, -0.1) is 0 Å². The van der Waals surface area contributed by atoms with Crippen LogP contribution in [0.2, 0.25) is 5.02 Å². The first-order valence-corrected chi connectivity index (χ1v) is 7.93. The average Bonchev–Trinajstić information content (AvgIpc) is 3.04.